The van der Waals surface area contributed by atoms with E-state index in [1.807, 2.05) is 36.4 Å². The normalized spacial score (nSPS) is 18.8. The second-order valence-electron chi connectivity index (χ2n) is 6.54. The van der Waals surface area contributed by atoms with Gasteiger partial charge in [0.25, 0.3) is 0 Å². The average molecular weight is 379 g/mol. The van der Waals surface area contributed by atoms with Crippen LogP contribution in [-0.4, -0.2) is 39.2 Å². The summed E-state index contributed by atoms with van der Waals surface area (Å²) in [5.74, 6) is 1.55. The highest BCUT2D eigenvalue weighted by molar-refractivity contribution is 5.93. The van der Waals surface area contributed by atoms with E-state index in [0.717, 1.165) is 16.9 Å². The number of ether oxygens (including phenoxy) is 1. The number of carbonyl (C=O) groups is 1. The molecule has 28 heavy (non-hydrogen) atoms. The SMILES string of the molecule is COc1ccc(Cc2nc(NC(=O)C3CC(c4cccnc4)NN3)n[nH]2)cc1. The number of hydrogen-bond donors (Lipinski definition) is 4. The predicted octanol–water partition coefficient (Wildman–Crippen LogP) is 1.35. The zero-order valence-corrected chi connectivity index (χ0v) is 15.3. The van der Waals surface area contributed by atoms with Gasteiger partial charge in [-0.3, -0.25) is 20.2 Å². The van der Waals surface area contributed by atoms with Crippen LogP contribution in [0, 0.1) is 0 Å². The number of methoxy groups -OCH3 is 1. The van der Waals surface area contributed by atoms with Gasteiger partial charge in [-0.25, -0.2) is 10.9 Å². The number of hydrogen-bond acceptors (Lipinski definition) is 7. The minimum Gasteiger partial charge on any atom is -0.497 e. The van der Waals surface area contributed by atoms with Crippen molar-refractivity contribution in [3.63, 3.8) is 0 Å². The maximum atomic E-state index is 12.5. The van der Waals surface area contributed by atoms with E-state index in [-0.39, 0.29) is 23.9 Å². The summed E-state index contributed by atoms with van der Waals surface area (Å²) in [4.78, 5) is 21.0. The lowest BCUT2D eigenvalue weighted by Crippen LogP contribution is -2.39. The standard InChI is InChI=1S/C19H21N7O2/c1-28-14-6-4-12(5-7-14)9-17-21-19(26-25-17)22-18(27)16-10-15(23-24-16)13-3-2-8-20-11-13/h2-8,11,15-16,23-24H,9-10H2,1H3,(H2,21,22,25,26,27). The summed E-state index contributed by atoms with van der Waals surface area (Å²) in [7, 11) is 1.63. The Morgan fingerprint density at radius 2 is 2.11 bits per heavy atom. The molecular formula is C19H21N7O2. The van der Waals surface area contributed by atoms with Gasteiger partial charge in [0.05, 0.1) is 7.11 Å². The van der Waals surface area contributed by atoms with Crippen molar-refractivity contribution in [1.82, 2.24) is 31.0 Å². The molecule has 2 atom stereocenters. The van der Waals surface area contributed by atoms with E-state index in [1.54, 1.807) is 19.5 Å². The molecule has 3 aromatic rings. The van der Waals surface area contributed by atoms with E-state index in [1.165, 1.54) is 0 Å². The van der Waals surface area contributed by atoms with Gasteiger partial charge in [0, 0.05) is 24.9 Å². The molecule has 4 N–H and O–H groups in total. The van der Waals surface area contributed by atoms with Crippen LogP contribution >= 0.6 is 0 Å². The van der Waals surface area contributed by atoms with Crippen molar-refractivity contribution in [2.45, 2.75) is 24.9 Å². The molecule has 9 heteroatoms. The molecule has 2 aromatic heterocycles. The molecule has 0 spiro atoms. The Hall–Kier alpha value is -3.30. The fourth-order valence-corrected chi connectivity index (χ4v) is 3.09. The van der Waals surface area contributed by atoms with Crippen molar-refractivity contribution in [3.8, 4) is 5.75 Å². The Kier molecular flexibility index (Phi) is 5.27. The third-order valence-corrected chi connectivity index (χ3v) is 4.60. The number of rotatable bonds is 6. The number of aromatic nitrogens is 4. The number of nitrogens with zero attached hydrogens (tertiary/aromatic N) is 3. The zero-order valence-electron chi connectivity index (χ0n) is 15.3. The van der Waals surface area contributed by atoms with Crippen LogP contribution in [0.15, 0.2) is 48.8 Å². The molecule has 0 aliphatic carbocycles. The highest BCUT2D eigenvalue weighted by Crippen LogP contribution is 2.21. The van der Waals surface area contributed by atoms with E-state index < -0.39 is 0 Å². The monoisotopic (exact) mass is 379 g/mol. The highest BCUT2D eigenvalue weighted by atomic mass is 16.5. The molecule has 1 aromatic carbocycles. The summed E-state index contributed by atoms with van der Waals surface area (Å²) in [6, 6.07) is 11.2. The van der Waals surface area contributed by atoms with Crippen molar-refractivity contribution in [3.05, 3.63) is 65.7 Å². The minimum absolute atomic E-state index is 0.0298. The molecule has 1 saturated heterocycles. The summed E-state index contributed by atoms with van der Waals surface area (Å²) in [5.41, 5.74) is 8.24. The number of amides is 1. The first kappa shape index (κ1) is 18.1. The third kappa shape index (κ3) is 4.16. The molecule has 1 aliphatic heterocycles. The van der Waals surface area contributed by atoms with Crippen molar-refractivity contribution in [1.29, 1.82) is 0 Å². The molecule has 1 fully saturated rings. The zero-order chi connectivity index (χ0) is 19.3. The van der Waals surface area contributed by atoms with Crippen LogP contribution in [0.2, 0.25) is 0 Å². The molecule has 1 aliphatic rings. The average Bonchev–Trinajstić information content (AvgIpc) is 3.39. The molecule has 0 radical (unpaired) electrons. The molecule has 0 bridgehead atoms. The van der Waals surface area contributed by atoms with E-state index in [2.05, 4.69) is 36.3 Å². The second kappa shape index (κ2) is 8.15. The van der Waals surface area contributed by atoms with Gasteiger partial charge in [0.15, 0.2) is 0 Å². The topological polar surface area (TPSA) is 117 Å². The molecular weight excluding hydrogens is 358 g/mol. The maximum Gasteiger partial charge on any atom is 0.248 e. The summed E-state index contributed by atoms with van der Waals surface area (Å²) in [6.45, 7) is 0. The number of benzene rings is 1. The Labute approximate surface area is 161 Å². The molecule has 9 nitrogen and oxygen atoms in total. The van der Waals surface area contributed by atoms with Crippen molar-refractivity contribution in [2.75, 3.05) is 12.4 Å². The Morgan fingerprint density at radius 1 is 1.25 bits per heavy atom. The molecule has 1 amide bonds. The number of hydrazine groups is 1. The number of carbonyl (C=O) groups excluding carboxylic acids is 1. The first-order valence-electron chi connectivity index (χ1n) is 8.97. The van der Waals surface area contributed by atoms with Crippen LogP contribution in [-0.2, 0) is 11.2 Å². The van der Waals surface area contributed by atoms with Gasteiger partial charge in [-0.2, -0.15) is 4.98 Å². The minimum atomic E-state index is -0.381. The maximum absolute atomic E-state index is 12.5. The van der Waals surface area contributed by atoms with Gasteiger partial charge in [0.2, 0.25) is 11.9 Å². The first-order chi connectivity index (χ1) is 13.7. The van der Waals surface area contributed by atoms with E-state index in [0.29, 0.717) is 18.7 Å². The number of nitrogens with one attached hydrogen (secondary N) is 4. The lowest BCUT2D eigenvalue weighted by atomic mass is 10.0. The summed E-state index contributed by atoms with van der Waals surface area (Å²) < 4.78 is 5.15. The van der Waals surface area contributed by atoms with Gasteiger partial charge in [0.1, 0.15) is 17.6 Å². The van der Waals surface area contributed by atoms with Crippen LogP contribution < -0.4 is 20.9 Å². The molecule has 144 valence electrons. The van der Waals surface area contributed by atoms with Gasteiger partial charge in [-0.15, -0.1) is 5.10 Å². The number of pyridine rings is 1. The molecule has 4 rings (SSSR count). The smallest absolute Gasteiger partial charge is 0.248 e. The number of aromatic amines is 1. The van der Waals surface area contributed by atoms with Crippen molar-refractivity contribution >= 4 is 11.9 Å². The first-order valence-corrected chi connectivity index (χ1v) is 8.97. The molecule has 3 heterocycles. The quantitative estimate of drug-likeness (QED) is 0.511. The predicted molar refractivity (Wildman–Crippen MR) is 102 cm³/mol. The number of anilines is 1. The summed E-state index contributed by atoms with van der Waals surface area (Å²) >= 11 is 0. The summed E-state index contributed by atoms with van der Waals surface area (Å²) in [5, 5.41) is 9.70. The number of H-pyrrole nitrogens is 1. The van der Waals surface area contributed by atoms with Crippen molar-refractivity contribution in [2.24, 2.45) is 0 Å². The van der Waals surface area contributed by atoms with Crippen LogP contribution in [0.3, 0.4) is 0 Å². The van der Waals surface area contributed by atoms with Gasteiger partial charge in [-0.1, -0.05) is 18.2 Å². The van der Waals surface area contributed by atoms with E-state index in [4.69, 9.17) is 4.74 Å². The fourth-order valence-electron chi connectivity index (χ4n) is 3.09. The molecule has 2 unspecified atom stereocenters. The largest absolute Gasteiger partial charge is 0.497 e. The Balaban J connectivity index is 1.33. The lowest BCUT2D eigenvalue weighted by molar-refractivity contribution is -0.117. The van der Waals surface area contributed by atoms with Crippen LogP contribution in [0.4, 0.5) is 5.95 Å². The molecule has 0 saturated carbocycles. The highest BCUT2D eigenvalue weighted by Gasteiger charge is 2.30. The van der Waals surface area contributed by atoms with Crippen molar-refractivity contribution < 1.29 is 9.53 Å². The third-order valence-electron chi connectivity index (χ3n) is 4.60. The van der Waals surface area contributed by atoms with Gasteiger partial charge in [-0.05, 0) is 35.7 Å². The lowest BCUT2D eigenvalue weighted by Gasteiger charge is -2.08. The van der Waals surface area contributed by atoms with Gasteiger partial charge < -0.3 is 4.74 Å². The van der Waals surface area contributed by atoms with Gasteiger partial charge >= 0.3 is 0 Å². The fraction of sp³-hybridized carbons (Fsp3) is 0.263. The Morgan fingerprint density at radius 3 is 2.86 bits per heavy atom. The van der Waals surface area contributed by atoms with E-state index >= 15 is 0 Å². The van der Waals surface area contributed by atoms with Crippen LogP contribution in [0.5, 0.6) is 5.75 Å². The van der Waals surface area contributed by atoms with E-state index in [9.17, 15) is 4.79 Å². The second-order valence-corrected chi connectivity index (χ2v) is 6.54. The Bertz CT molecular complexity index is 927. The summed E-state index contributed by atoms with van der Waals surface area (Å²) in [6.07, 6.45) is 4.71. The van der Waals surface area contributed by atoms with Crippen LogP contribution in [0.25, 0.3) is 0 Å². The van der Waals surface area contributed by atoms with Crippen LogP contribution in [0.1, 0.15) is 29.4 Å².